The molecule has 0 bridgehead atoms. The van der Waals surface area contributed by atoms with Gasteiger partial charge in [-0.25, -0.2) is 9.97 Å². The van der Waals surface area contributed by atoms with Crippen LogP contribution in [0.4, 0.5) is 5.82 Å². The van der Waals surface area contributed by atoms with Gasteiger partial charge in [-0.3, -0.25) is 0 Å². The van der Waals surface area contributed by atoms with Crippen molar-refractivity contribution in [1.29, 1.82) is 0 Å². The third-order valence-electron chi connectivity index (χ3n) is 3.59. The molecule has 0 amide bonds. The van der Waals surface area contributed by atoms with E-state index < -0.39 is 0 Å². The second kappa shape index (κ2) is 4.26. The molecule has 2 aromatic heterocycles. The van der Waals surface area contributed by atoms with E-state index in [4.69, 9.17) is 0 Å². The molecule has 0 N–H and O–H groups in total. The van der Waals surface area contributed by atoms with Crippen LogP contribution in [0, 0.1) is 12.8 Å². The van der Waals surface area contributed by atoms with Gasteiger partial charge in [-0.15, -0.1) is 11.3 Å². The monoisotopic (exact) mass is 247 g/mol. The van der Waals surface area contributed by atoms with Crippen molar-refractivity contribution in [2.24, 2.45) is 5.92 Å². The molecule has 3 rings (SSSR count). The van der Waals surface area contributed by atoms with Crippen molar-refractivity contribution >= 4 is 27.4 Å². The Morgan fingerprint density at radius 2 is 2.35 bits per heavy atom. The van der Waals surface area contributed by atoms with E-state index in [2.05, 4.69) is 34.8 Å². The highest BCUT2D eigenvalue weighted by Gasteiger charge is 2.23. The molecule has 0 spiro atoms. The van der Waals surface area contributed by atoms with Crippen LogP contribution in [0.2, 0.25) is 0 Å². The summed E-state index contributed by atoms with van der Waals surface area (Å²) in [4.78, 5) is 13.7. The Bertz CT molecular complexity index is 534. The van der Waals surface area contributed by atoms with Gasteiger partial charge in [-0.1, -0.05) is 13.3 Å². The Hall–Kier alpha value is -1.16. The minimum absolute atomic E-state index is 0.833. The van der Waals surface area contributed by atoms with E-state index >= 15 is 0 Å². The molecule has 0 saturated carbocycles. The van der Waals surface area contributed by atoms with Crippen LogP contribution in [0.15, 0.2) is 12.4 Å². The molecule has 4 heteroatoms. The van der Waals surface area contributed by atoms with Gasteiger partial charge in [0.1, 0.15) is 17.0 Å². The van der Waals surface area contributed by atoms with Gasteiger partial charge in [0.05, 0.1) is 5.39 Å². The minimum atomic E-state index is 0.833. The molecule has 1 saturated heterocycles. The average Bonchev–Trinajstić information content (AvgIpc) is 2.92. The van der Waals surface area contributed by atoms with Crippen LogP contribution >= 0.6 is 11.3 Å². The van der Waals surface area contributed by atoms with Crippen molar-refractivity contribution in [3.63, 3.8) is 0 Å². The van der Waals surface area contributed by atoms with E-state index in [-0.39, 0.29) is 0 Å². The molecule has 17 heavy (non-hydrogen) atoms. The van der Waals surface area contributed by atoms with Crippen molar-refractivity contribution < 1.29 is 0 Å². The quantitative estimate of drug-likeness (QED) is 0.816. The average molecular weight is 247 g/mol. The van der Waals surface area contributed by atoms with Crippen LogP contribution in [-0.2, 0) is 0 Å². The zero-order chi connectivity index (χ0) is 11.8. The van der Waals surface area contributed by atoms with Gasteiger partial charge in [0.15, 0.2) is 0 Å². The number of aryl methyl sites for hydroxylation is 1. The number of anilines is 1. The molecule has 1 unspecified atom stereocenters. The van der Waals surface area contributed by atoms with Gasteiger partial charge in [0, 0.05) is 18.0 Å². The van der Waals surface area contributed by atoms with E-state index in [1.807, 2.05) is 0 Å². The number of thiophene rings is 1. The smallest absolute Gasteiger partial charge is 0.140 e. The van der Waals surface area contributed by atoms with Crippen LogP contribution in [0.1, 0.15) is 24.6 Å². The Labute approximate surface area is 106 Å². The SMILES string of the molecule is CCC1CCN(c2ncnc3sc(C)cc23)C1. The zero-order valence-corrected chi connectivity index (χ0v) is 11.1. The second-order valence-corrected chi connectivity index (χ2v) is 6.02. The van der Waals surface area contributed by atoms with Crippen LogP contribution in [-0.4, -0.2) is 23.1 Å². The fourth-order valence-electron chi connectivity index (χ4n) is 2.57. The first-order chi connectivity index (χ1) is 8.28. The maximum absolute atomic E-state index is 4.49. The number of nitrogens with zero attached hydrogens (tertiary/aromatic N) is 3. The van der Waals surface area contributed by atoms with Gasteiger partial charge < -0.3 is 4.90 Å². The van der Waals surface area contributed by atoms with Crippen LogP contribution in [0.25, 0.3) is 10.2 Å². The molecular formula is C13H17N3S. The van der Waals surface area contributed by atoms with Gasteiger partial charge in [-0.2, -0.15) is 0 Å². The Kier molecular flexibility index (Phi) is 2.74. The first-order valence-electron chi connectivity index (χ1n) is 6.24. The van der Waals surface area contributed by atoms with Crippen LogP contribution in [0.3, 0.4) is 0 Å². The van der Waals surface area contributed by atoms with Gasteiger partial charge >= 0.3 is 0 Å². The molecule has 2 aromatic rings. The summed E-state index contributed by atoms with van der Waals surface area (Å²) in [6.45, 7) is 6.70. The normalized spacial score (nSPS) is 20.4. The minimum Gasteiger partial charge on any atom is -0.356 e. The highest BCUT2D eigenvalue weighted by Crippen LogP contribution is 2.32. The van der Waals surface area contributed by atoms with Crippen LogP contribution < -0.4 is 4.90 Å². The summed E-state index contributed by atoms with van der Waals surface area (Å²) >= 11 is 1.75. The summed E-state index contributed by atoms with van der Waals surface area (Å²) in [5, 5.41) is 1.23. The molecule has 0 aromatic carbocycles. The predicted molar refractivity (Wildman–Crippen MR) is 72.8 cm³/mol. The fourth-order valence-corrected chi connectivity index (χ4v) is 3.42. The molecular weight excluding hydrogens is 230 g/mol. The molecule has 90 valence electrons. The fraction of sp³-hybridized carbons (Fsp3) is 0.538. The third kappa shape index (κ3) is 1.90. The lowest BCUT2D eigenvalue weighted by atomic mass is 10.1. The molecule has 3 nitrogen and oxygen atoms in total. The Balaban J connectivity index is 2.00. The highest BCUT2D eigenvalue weighted by atomic mass is 32.1. The van der Waals surface area contributed by atoms with E-state index in [0.717, 1.165) is 29.7 Å². The maximum atomic E-state index is 4.49. The molecule has 0 radical (unpaired) electrons. The lowest BCUT2D eigenvalue weighted by Gasteiger charge is -2.17. The maximum Gasteiger partial charge on any atom is 0.140 e. The third-order valence-corrected chi connectivity index (χ3v) is 4.55. The molecule has 0 aliphatic carbocycles. The van der Waals surface area contributed by atoms with Crippen molar-refractivity contribution in [2.45, 2.75) is 26.7 Å². The zero-order valence-electron chi connectivity index (χ0n) is 10.3. The van der Waals surface area contributed by atoms with Gasteiger partial charge in [-0.05, 0) is 25.3 Å². The van der Waals surface area contributed by atoms with Gasteiger partial charge in [0.2, 0.25) is 0 Å². The van der Waals surface area contributed by atoms with Crippen molar-refractivity contribution in [3.8, 4) is 0 Å². The first-order valence-corrected chi connectivity index (χ1v) is 7.05. The summed E-state index contributed by atoms with van der Waals surface area (Å²) in [7, 11) is 0. The predicted octanol–water partition coefficient (Wildman–Crippen LogP) is 3.24. The molecule has 1 fully saturated rings. The number of hydrogen-bond donors (Lipinski definition) is 0. The summed E-state index contributed by atoms with van der Waals surface area (Å²) in [5.74, 6) is 1.97. The highest BCUT2D eigenvalue weighted by molar-refractivity contribution is 7.18. The van der Waals surface area contributed by atoms with E-state index in [0.29, 0.717) is 0 Å². The second-order valence-electron chi connectivity index (χ2n) is 4.78. The molecule has 1 aliphatic heterocycles. The number of rotatable bonds is 2. The van der Waals surface area contributed by atoms with Gasteiger partial charge in [0.25, 0.3) is 0 Å². The van der Waals surface area contributed by atoms with Crippen LogP contribution in [0.5, 0.6) is 0 Å². The number of fused-ring (bicyclic) bond motifs is 1. The van der Waals surface area contributed by atoms with Crippen molar-refractivity contribution in [2.75, 3.05) is 18.0 Å². The lowest BCUT2D eigenvalue weighted by molar-refractivity contribution is 0.569. The lowest BCUT2D eigenvalue weighted by Crippen LogP contribution is -2.20. The first kappa shape index (κ1) is 11.0. The summed E-state index contributed by atoms with van der Waals surface area (Å²) < 4.78 is 0. The topological polar surface area (TPSA) is 29.0 Å². The number of aromatic nitrogens is 2. The van der Waals surface area contributed by atoms with E-state index in [1.165, 1.54) is 23.1 Å². The van der Waals surface area contributed by atoms with E-state index in [9.17, 15) is 0 Å². The van der Waals surface area contributed by atoms with Crippen molar-refractivity contribution in [1.82, 2.24) is 9.97 Å². The summed E-state index contributed by atoms with van der Waals surface area (Å²) in [6, 6.07) is 2.22. The molecule has 3 heterocycles. The molecule has 1 atom stereocenters. The molecule has 1 aliphatic rings. The standard InChI is InChI=1S/C13H17N3S/c1-3-10-4-5-16(7-10)12-11-6-9(2)17-13(11)15-8-14-12/h6,8,10H,3-5,7H2,1-2H3. The summed E-state index contributed by atoms with van der Waals surface area (Å²) in [5.41, 5.74) is 0. The summed E-state index contributed by atoms with van der Waals surface area (Å²) in [6.07, 6.45) is 4.27. The largest absolute Gasteiger partial charge is 0.356 e. The number of hydrogen-bond acceptors (Lipinski definition) is 4. The van der Waals surface area contributed by atoms with E-state index in [1.54, 1.807) is 17.7 Å². The Morgan fingerprint density at radius 3 is 3.12 bits per heavy atom. The Morgan fingerprint density at radius 1 is 1.47 bits per heavy atom. The van der Waals surface area contributed by atoms with Crippen molar-refractivity contribution in [3.05, 3.63) is 17.3 Å².